The summed E-state index contributed by atoms with van der Waals surface area (Å²) >= 11 is 0. The van der Waals surface area contributed by atoms with E-state index in [4.69, 9.17) is 0 Å². The Labute approximate surface area is 106 Å². The lowest BCUT2D eigenvalue weighted by Gasteiger charge is -2.11. The van der Waals surface area contributed by atoms with E-state index in [1.54, 1.807) is 6.92 Å². The normalized spacial score (nSPS) is 13.4. The van der Waals surface area contributed by atoms with Gasteiger partial charge in [-0.2, -0.15) is 0 Å². The number of carbonyl (C=O) groups is 1. The molecule has 2 nitrogen and oxygen atoms in total. The van der Waals surface area contributed by atoms with Gasteiger partial charge in [-0.05, 0) is 50.3 Å². The molecule has 0 radical (unpaired) electrons. The van der Waals surface area contributed by atoms with Crippen molar-refractivity contribution in [2.45, 2.75) is 60.3 Å². The molecule has 0 spiro atoms. The molecule has 0 aromatic rings. The van der Waals surface area contributed by atoms with E-state index in [1.807, 2.05) is 6.92 Å². The average Bonchev–Trinajstić information content (AvgIpc) is 2.32. The van der Waals surface area contributed by atoms with Crippen molar-refractivity contribution >= 4 is 5.78 Å². The van der Waals surface area contributed by atoms with Crippen molar-refractivity contribution in [3.63, 3.8) is 0 Å². The maximum absolute atomic E-state index is 11.4. The third-order valence-electron chi connectivity index (χ3n) is 3.00. The summed E-state index contributed by atoms with van der Waals surface area (Å²) in [6.07, 6.45) is 6.43. The maximum Gasteiger partial charge on any atom is 0.155 e. The predicted octanol–water partition coefficient (Wildman–Crippen LogP) is 3.99. The zero-order valence-electron chi connectivity index (χ0n) is 12.0. The number of hydrogen-bond acceptors (Lipinski definition) is 2. The number of allylic oxidation sites excluding steroid dienone is 4. The molecular formula is C15H27NO. The molecule has 0 heterocycles. The van der Waals surface area contributed by atoms with Crippen molar-refractivity contribution in [1.29, 1.82) is 0 Å². The monoisotopic (exact) mass is 237 g/mol. The van der Waals surface area contributed by atoms with Crippen LogP contribution in [0.5, 0.6) is 0 Å². The van der Waals surface area contributed by atoms with Gasteiger partial charge in [-0.25, -0.2) is 0 Å². The Morgan fingerprint density at radius 1 is 1.12 bits per heavy atom. The molecule has 0 aromatic heterocycles. The van der Waals surface area contributed by atoms with E-state index in [1.165, 1.54) is 18.5 Å². The summed E-state index contributed by atoms with van der Waals surface area (Å²) in [6.45, 7) is 11.0. The Morgan fingerprint density at radius 3 is 2.18 bits per heavy atom. The summed E-state index contributed by atoms with van der Waals surface area (Å²) in [7, 11) is 0. The number of unbranched alkanes of at least 4 members (excludes halogenated alkanes) is 1. The highest BCUT2D eigenvalue weighted by molar-refractivity contribution is 5.93. The summed E-state index contributed by atoms with van der Waals surface area (Å²) in [4.78, 5) is 11.4. The lowest BCUT2D eigenvalue weighted by molar-refractivity contribution is -0.113. The molecule has 0 amide bonds. The average molecular weight is 237 g/mol. The van der Waals surface area contributed by atoms with E-state index < -0.39 is 0 Å². The van der Waals surface area contributed by atoms with Crippen LogP contribution in [0.3, 0.4) is 0 Å². The van der Waals surface area contributed by atoms with Crippen LogP contribution in [0, 0.1) is 0 Å². The first-order valence-electron chi connectivity index (χ1n) is 6.71. The summed E-state index contributed by atoms with van der Waals surface area (Å²) in [5.41, 5.74) is 3.27. The van der Waals surface area contributed by atoms with Crippen molar-refractivity contribution in [2.75, 3.05) is 6.54 Å². The van der Waals surface area contributed by atoms with Crippen LogP contribution in [0.4, 0.5) is 0 Å². The van der Waals surface area contributed by atoms with E-state index in [0.29, 0.717) is 0 Å². The third kappa shape index (κ3) is 6.30. The Kier molecular flexibility index (Phi) is 8.47. The van der Waals surface area contributed by atoms with Gasteiger partial charge in [0.1, 0.15) is 0 Å². The number of nitrogens with one attached hydrogen (secondary N) is 1. The third-order valence-corrected chi connectivity index (χ3v) is 3.00. The van der Waals surface area contributed by atoms with Crippen LogP contribution in [0.1, 0.15) is 60.3 Å². The zero-order valence-corrected chi connectivity index (χ0v) is 12.0. The van der Waals surface area contributed by atoms with Crippen molar-refractivity contribution in [3.8, 4) is 0 Å². The second-order valence-corrected chi connectivity index (χ2v) is 4.36. The van der Waals surface area contributed by atoms with Crippen molar-refractivity contribution < 1.29 is 4.79 Å². The van der Waals surface area contributed by atoms with Crippen molar-refractivity contribution in [1.82, 2.24) is 5.32 Å². The smallest absolute Gasteiger partial charge is 0.155 e. The van der Waals surface area contributed by atoms with Crippen LogP contribution in [0.25, 0.3) is 0 Å². The van der Waals surface area contributed by atoms with Gasteiger partial charge in [0.15, 0.2) is 5.78 Å². The van der Waals surface area contributed by atoms with Crippen LogP contribution in [0.2, 0.25) is 0 Å². The molecule has 0 aliphatic carbocycles. The predicted molar refractivity (Wildman–Crippen MR) is 75.0 cm³/mol. The van der Waals surface area contributed by atoms with Crippen molar-refractivity contribution in [2.24, 2.45) is 0 Å². The van der Waals surface area contributed by atoms with Gasteiger partial charge in [-0.1, -0.05) is 27.2 Å². The number of rotatable bonds is 8. The van der Waals surface area contributed by atoms with Crippen molar-refractivity contribution in [3.05, 3.63) is 22.9 Å². The summed E-state index contributed by atoms with van der Waals surface area (Å²) in [5, 5.41) is 3.44. The van der Waals surface area contributed by atoms with Gasteiger partial charge in [0, 0.05) is 12.2 Å². The minimum absolute atomic E-state index is 0.169. The minimum Gasteiger partial charge on any atom is -0.388 e. The van der Waals surface area contributed by atoms with Crippen LogP contribution in [0.15, 0.2) is 22.9 Å². The molecule has 17 heavy (non-hydrogen) atoms. The molecule has 0 saturated heterocycles. The molecule has 0 aliphatic heterocycles. The standard InChI is InChI=1S/C15H27NO/c1-6-9-10-16-15(8-3)11-14(7-2)12(4)13(5)17/h11,16H,6-10H2,1-5H3/b14-12-,15-11+. The second-order valence-electron chi connectivity index (χ2n) is 4.36. The minimum atomic E-state index is 0.169. The van der Waals surface area contributed by atoms with Gasteiger partial charge in [0.05, 0.1) is 0 Å². The molecule has 0 aliphatic rings. The highest BCUT2D eigenvalue weighted by Crippen LogP contribution is 2.14. The number of hydrogen-bond donors (Lipinski definition) is 1. The lowest BCUT2D eigenvalue weighted by Crippen LogP contribution is -2.14. The Balaban J connectivity index is 4.77. The Bertz CT molecular complexity index is 300. The second kappa shape index (κ2) is 9.03. The first-order chi connectivity index (χ1) is 8.06. The number of ketones is 1. The molecule has 2 heteroatoms. The molecule has 0 bridgehead atoms. The maximum atomic E-state index is 11.4. The molecule has 0 saturated carbocycles. The van der Waals surface area contributed by atoms with E-state index in [0.717, 1.165) is 30.5 Å². The number of Topliss-reactive ketones (excluding diaryl/α,β-unsaturated/α-hetero) is 1. The first-order valence-corrected chi connectivity index (χ1v) is 6.71. The highest BCUT2D eigenvalue weighted by Gasteiger charge is 2.04. The van der Waals surface area contributed by atoms with Gasteiger partial charge >= 0.3 is 0 Å². The molecular weight excluding hydrogens is 210 g/mol. The fraction of sp³-hybridized carbons (Fsp3) is 0.667. The van der Waals surface area contributed by atoms with Gasteiger partial charge in [0.2, 0.25) is 0 Å². The molecule has 0 unspecified atom stereocenters. The topological polar surface area (TPSA) is 29.1 Å². The molecule has 0 atom stereocenters. The van der Waals surface area contributed by atoms with Gasteiger partial charge in [-0.15, -0.1) is 0 Å². The summed E-state index contributed by atoms with van der Waals surface area (Å²) in [5.74, 6) is 0.169. The lowest BCUT2D eigenvalue weighted by atomic mass is 10.0. The van der Waals surface area contributed by atoms with Crippen LogP contribution in [-0.4, -0.2) is 12.3 Å². The number of carbonyl (C=O) groups excluding carboxylic acids is 1. The Hall–Kier alpha value is -1.05. The highest BCUT2D eigenvalue weighted by atomic mass is 16.1. The van der Waals surface area contributed by atoms with E-state index in [-0.39, 0.29) is 5.78 Å². The summed E-state index contributed by atoms with van der Waals surface area (Å²) in [6, 6.07) is 0. The fourth-order valence-corrected chi connectivity index (χ4v) is 1.62. The largest absolute Gasteiger partial charge is 0.388 e. The molecule has 98 valence electrons. The molecule has 1 N–H and O–H groups in total. The quantitative estimate of drug-likeness (QED) is 0.393. The molecule has 0 fully saturated rings. The van der Waals surface area contributed by atoms with E-state index in [9.17, 15) is 4.79 Å². The summed E-state index contributed by atoms with van der Waals surface area (Å²) < 4.78 is 0. The molecule has 0 aromatic carbocycles. The zero-order chi connectivity index (χ0) is 13.3. The fourth-order valence-electron chi connectivity index (χ4n) is 1.62. The SMILES string of the molecule is CCCCN/C(=C/C(CC)=C(/C)C(C)=O)CC. The van der Waals surface area contributed by atoms with E-state index in [2.05, 4.69) is 32.2 Å². The van der Waals surface area contributed by atoms with E-state index >= 15 is 0 Å². The van der Waals surface area contributed by atoms with Crippen LogP contribution < -0.4 is 5.32 Å². The van der Waals surface area contributed by atoms with Gasteiger partial charge < -0.3 is 5.32 Å². The Morgan fingerprint density at radius 2 is 1.76 bits per heavy atom. The van der Waals surface area contributed by atoms with Crippen LogP contribution in [-0.2, 0) is 4.79 Å². The first kappa shape index (κ1) is 16.0. The van der Waals surface area contributed by atoms with Gasteiger partial charge in [0.25, 0.3) is 0 Å². The van der Waals surface area contributed by atoms with Crippen LogP contribution >= 0.6 is 0 Å². The van der Waals surface area contributed by atoms with Gasteiger partial charge in [-0.3, -0.25) is 4.79 Å². The molecule has 0 rings (SSSR count).